The maximum atomic E-state index is 13.4. The van der Waals surface area contributed by atoms with Crippen molar-refractivity contribution in [2.45, 2.75) is 76.8 Å². The smallest absolute Gasteiger partial charge is 0.251 e. The van der Waals surface area contributed by atoms with Crippen LogP contribution >= 0.6 is 15.9 Å². The van der Waals surface area contributed by atoms with Gasteiger partial charge in [-0.05, 0) is 55.9 Å². The third-order valence-corrected chi connectivity index (χ3v) is 7.47. The van der Waals surface area contributed by atoms with Gasteiger partial charge >= 0.3 is 0 Å². The van der Waals surface area contributed by atoms with E-state index in [2.05, 4.69) is 31.6 Å². The molecular formula is C27H40BrN5O5. The van der Waals surface area contributed by atoms with Crippen molar-refractivity contribution in [1.29, 1.82) is 0 Å². The molecule has 0 aliphatic heterocycles. The van der Waals surface area contributed by atoms with E-state index in [9.17, 15) is 24.3 Å². The molecule has 2 rings (SSSR count). The fraction of sp³-hybridized carbons (Fsp3) is 0.593. The molecule has 1 saturated carbocycles. The minimum atomic E-state index is -1.18. The Kier molecular flexibility index (Phi) is 13.4. The van der Waals surface area contributed by atoms with Crippen molar-refractivity contribution in [3.63, 3.8) is 0 Å². The molecule has 0 heterocycles. The van der Waals surface area contributed by atoms with Crippen LogP contribution in [0.25, 0.3) is 0 Å². The monoisotopic (exact) mass is 593 g/mol. The van der Waals surface area contributed by atoms with Gasteiger partial charge in [-0.1, -0.05) is 42.1 Å². The summed E-state index contributed by atoms with van der Waals surface area (Å²) in [5.41, 5.74) is 11.1. The van der Waals surface area contributed by atoms with Gasteiger partial charge in [-0.3, -0.25) is 24.2 Å². The second-order valence-corrected chi connectivity index (χ2v) is 10.7. The van der Waals surface area contributed by atoms with Gasteiger partial charge in [0.05, 0.1) is 6.61 Å². The first-order valence-electron chi connectivity index (χ1n) is 13.2. The number of nitrogens with one attached hydrogen (secondary N) is 2. The first-order chi connectivity index (χ1) is 18.2. The predicted molar refractivity (Wildman–Crippen MR) is 149 cm³/mol. The maximum Gasteiger partial charge on any atom is 0.251 e. The summed E-state index contributed by atoms with van der Waals surface area (Å²) in [7, 11) is 0. The summed E-state index contributed by atoms with van der Waals surface area (Å²) in [6.45, 7) is 1.46. The van der Waals surface area contributed by atoms with Gasteiger partial charge in [-0.15, -0.1) is 0 Å². The number of rotatable bonds is 15. The van der Waals surface area contributed by atoms with Crippen LogP contribution in [0.1, 0.15) is 75.1 Å². The zero-order valence-corrected chi connectivity index (χ0v) is 23.5. The van der Waals surface area contributed by atoms with E-state index < -0.39 is 36.3 Å². The number of guanidine groups is 1. The highest BCUT2D eigenvalue weighted by atomic mass is 79.9. The number of hydrogen-bond acceptors (Lipinski definition) is 6. The Balaban J connectivity index is 2.10. The van der Waals surface area contributed by atoms with Crippen molar-refractivity contribution in [3.05, 3.63) is 34.3 Å². The molecule has 0 bridgehead atoms. The molecule has 2 amide bonds. The van der Waals surface area contributed by atoms with Gasteiger partial charge in [-0.2, -0.15) is 0 Å². The van der Waals surface area contributed by atoms with Crippen LogP contribution in [0.2, 0.25) is 0 Å². The summed E-state index contributed by atoms with van der Waals surface area (Å²) in [5, 5.41) is 15.5. The molecule has 3 atom stereocenters. The largest absolute Gasteiger partial charge is 0.394 e. The molecule has 0 unspecified atom stereocenters. The van der Waals surface area contributed by atoms with Crippen molar-refractivity contribution in [2.24, 2.45) is 28.3 Å². The average molecular weight is 595 g/mol. The van der Waals surface area contributed by atoms with E-state index in [1.165, 1.54) is 0 Å². The Morgan fingerprint density at radius 3 is 2.29 bits per heavy atom. The van der Waals surface area contributed by atoms with E-state index in [4.69, 9.17) is 11.5 Å². The Morgan fingerprint density at radius 1 is 1.05 bits per heavy atom. The number of hydrogen-bond donors (Lipinski definition) is 5. The van der Waals surface area contributed by atoms with Gasteiger partial charge in [0, 0.05) is 35.3 Å². The number of nitrogens with two attached hydrogens (primary N) is 2. The summed E-state index contributed by atoms with van der Waals surface area (Å²) in [6.07, 6.45) is 5.61. The Morgan fingerprint density at radius 2 is 1.71 bits per heavy atom. The number of aliphatic hydroxyl groups excluding tert-OH is 1. The van der Waals surface area contributed by atoms with Crippen LogP contribution < -0.4 is 22.1 Å². The SMILES string of the molecule is CCC(=O)[C@H](CCCN=C(N)N)CC(=O)[C@H](CO)NC(=O)[C@@H](NC(=O)c1ccc(Br)cc1)C1CCCCC1. The van der Waals surface area contributed by atoms with E-state index in [1.807, 2.05) is 0 Å². The Hall–Kier alpha value is -2.79. The van der Waals surface area contributed by atoms with E-state index in [-0.39, 0.29) is 36.4 Å². The fourth-order valence-corrected chi connectivity index (χ4v) is 5.04. The number of carbonyl (C=O) groups excluding carboxylic acids is 4. The number of Topliss-reactive ketones (excluding diaryl/α,β-unsaturated/α-hetero) is 2. The molecule has 10 nitrogen and oxygen atoms in total. The van der Waals surface area contributed by atoms with E-state index >= 15 is 0 Å². The van der Waals surface area contributed by atoms with Crippen LogP contribution in [0, 0.1) is 11.8 Å². The lowest BCUT2D eigenvalue weighted by Crippen LogP contribution is -2.55. The van der Waals surface area contributed by atoms with Gasteiger partial charge in [0.2, 0.25) is 5.91 Å². The number of nitrogens with zero attached hydrogens (tertiary/aromatic N) is 1. The van der Waals surface area contributed by atoms with Gasteiger partial charge in [-0.25, -0.2) is 0 Å². The third kappa shape index (κ3) is 10.2. The van der Waals surface area contributed by atoms with Gasteiger partial charge < -0.3 is 27.2 Å². The highest BCUT2D eigenvalue weighted by molar-refractivity contribution is 9.10. The van der Waals surface area contributed by atoms with Crippen molar-refractivity contribution < 1.29 is 24.3 Å². The molecule has 1 aromatic carbocycles. The standard InChI is InChI=1S/C27H40BrN5O5/c1-2-22(35)19(9-6-14-31-27(29)30)15-23(36)21(16-34)32-26(38)24(17-7-4-3-5-8-17)33-25(37)18-10-12-20(28)13-11-18/h10-13,17,19,21,24,34H,2-9,14-16H2,1H3,(H,32,38)(H,33,37)(H4,29,30,31)/t19-,21+,24+/m1/s1. The maximum absolute atomic E-state index is 13.4. The highest BCUT2D eigenvalue weighted by Crippen LogP contribution is 2.27. The van der Waals surface area contributed by atoms with Crippen molar-refractivity contribution >= 4 is 45.3 Å². The number of aliphatic hydroxyl groups is 1. The third-order valence-electron chi connectivity index (χ3n) is 6.94. The summed E-state index contributed by atoms with van der Waals surface area (Å²) in [4.78, 5) is 55.8. The number of benzene rings is 1. The molecule has 1 aromatic rings. The molecule has 38 heavy (non-hydrogen) atoms. The molecule has 0 aromatic heterocycles. The van der Waals surface area contributed by atoms with E-state index in [1.54, 1.807) is 31.2 Å². The minimum Gasteiger partial charge on any atom is -0.394 e. The molecule has 1 aliphatic rings. The molecule has 0 spiro atoms. The van der Waals surface area contributed by atoms with Crippen LogP contribution in [0.4, 0.5) is 0 Å². The van der Waals surface area contributed by atoms with E-state index in [0.717, 1.165) is 36.6 Å². The Labute approximate surface area is 232 Å². The van der Waals surface area contributed by atoms with Crippen molar-refractivity contribution in [1.82, 2.24) is 10.6 Å². The highest BCUT2D eigenvalue weighted by Gasteiger charge is 2.34. The number of amides is 2. The molecule has 7 N–H and O–H groups in total. The lowest BCUT2D eigenvalue weighted by Gasteiger charge is -2.31. The Bertz CT molecular complexity index is 975. The molecule has 11 heteroatoms. The molecular weight excluding hydrogens is 554 g/mol. The number of carbonyl (C=O) groups is 4. The van der Waals surface area contributed by atoms with E-state index in [0.29, 0.717) is 24.9 Å². The van der Waals surface area contributed by atoms with Crippen LogP contribution in [0.15, 0.2) is 33.7 Å². The zero-order chi connectivity index (χ0) is 28.1. The molecule has 0 saturated heterocycles. The number of halogens is 1. The summed E-state index contributed by atoms with van der Waals surface area (Å²) < 4.78 is 0.830. The zero-order valence-electron chi connectivity index (χ0n) is 22.0. The fourth-order valence-electron chi connectivity index (χ4n) is 4.78. The summed E-state index contributed by atoms with van der Waals surface area (Å²) in [5.74, 6) is -2.09. The number of ketones is 2. The van der Waals surface area contributed by atoms with Crippen LogP contribution in [-0.2, 0) is 14.4 Å². The first kappa shape index (κ1) is 31.4. The van der Waals surface area contributed by atoms with Gasteiger partial charge in [0.1, 0.15) is 17.9 Å². The van der Waals surface area contributed by atoms with Crippen LogP contribution in [0.3, 0.4) is 0 Å². The molecule has 0 radical (unpaired) electrons. The molecule has 1 fully saturated rings. The predicted octanol–water partition coefficient (Wildman–Crippen LogP) is 2.21. The average Bonchev–Trinajstić information content (AvgIpc) is 2.91. The van der Waals surface area contributed by atoms with Crippen LogP contribution in [0.5, 0.6) is 0 Å². The minimum absolute atomic E-state index is 0.0396. The molecule has 210 valence electrons. The second-order valence-electron chi connectivity index (χ2n) is 9.74. The summed E-state index contributed by atoms with van der Waals surface area (Å²) in [6, 6.07) is 4.79. The van der Waals surface area contributed by atoms with Crippen molar-refractivity contribution in [2.75, 3.05) is 13.2 Å². The summed E-state index contributed by atoms with van der Waals surface area (Å²) >= 11 is 3.34. The number of aliphatic imine (C=N–C) groups is 1. The first-order valence-corrected chi connectivity index (χ1v) is 14.0. The topological polar surface area (TPSA) is 177 Å². The van der Waals surface area contributed by atoms with Crippen molar-refractivity contribution in [3.8, 4) is 0 Å². The second kappa shape index (κ2) is 16.2. The molecule has 1 aliphatic carbocycles. The lowest BCUT2D eigenvalue weighted by molar-refractivity contribution is -0.132. The van der Waals surface area contributed by atoms with Crippen LogP contribution in [-0.4, -0.2) is 59.7 Å². The van der Waals surface area contributed by atoms with Gasteiger partial charge in [0.15, 0.2) is 11.7 Å². The quantitative estimate of drug-likeness (QED) is 0.117. The normalized spacial score (nSPS) is 16.1. The van der Waals surface area contributed by atoms with Gasteiger partial charge in [0.25, 0.3) is 5.91 Å². The lowest BCUT2D eigenvalue weighted by atomic mass is 9.83.